The third-order valence-electron chi connectivity index (χ3n) is 3.41. The summed E-state index contributed by atoms with van der Waals surface area (Å²) in [4.78, 5) is 0. The lowest BCUT2D eigenvalue weighted by Gasteiger charge is -2.29. The van der Waals surface area contributed by atoms with Gasteiger partial charge in [0.2, 0.25) is 0 Å². The number of rotatable bonds is 1. The van der Waals surface area contributed by atoms with Crippen molar-refractivity contribution in [2.24, 2.45) is 0 Å². The first-order valence-electron chi connectivity index (χ1n) is 5.93. The third kappa shape index (κ3) is 1.76. The van der Waals surface area contributed by atoms with E-state index in [2.05, 4.69) is 0 Å². The fourth-order valence-electron chi connectivity index (χ4n) is 2.54. The minimum atomic E-state index is 0.164. The molecule has 0 spiro atoms. The van der Waals surface area contributed by atoms with Crippen LogP contribution in [0, 0.1) is 0 Å². The Kier molecular flexibility index (Phi) is 2.48. The molecular weight excluding hydrogens is 204 g/mol. The van der Waals surface area contributed by atoms with Crippen molar-refractivity contribution in [3.8, 4) is 11.5 Å². The molecular formula is C13H16O3. The Hall–Kier alpha value is -1.22. The van der Waals surface area contributed by atoms with Gasteiger partial charge < -0.3 is 14.6 Å². The summed E-state index contributed by atoms with van der Waals surface area (Å²) in [6.07, 6.45) is 4.67. The van der Waals surface area contributed by atoms with Gasteiger partial charge in [-0.3, -0.25) is 0 Å². The van der Waals surface area contributed by atoms with E-state index < -0.39 is 0 Å². The first-order chi connectivity index (χ1) is 7.83. The van der Waals surface area contributed by atoms with Crippen LogP contribution in [0.4, 0.5) is 0 Å². The molecule has 2 aliphatic rings. The molecule has 2 atom stereocenters. The van der Waals surface area contributed by atoms with E-state index in [-0.39, 0.29) is 18.0 Å². The summed E-state index contributed by atoms with van der Waals surface area (Å²) in [6.45, 7) is 0.859. The molecule has 1 unspecified atom stereocenters. The Balaban J connectivity index is 1.79. The van der Waals surface area contributed by atoms with Gasteiger partial charge in [-0.1, -0.05) is 6.07 Å². The lowest BCUT2D eigenvalue weighted by atomic mass is 9.98. The van der Waals surface area contributed by atoms with Gasteiger partial charge in [-0.15, -0.1) is 0 Å². The maximum absolute atomic E-state index is 9.43. The fourth-order valence-corrected chi connectivity index (χ4v) is 2.54. The second-order valence-electron chi connectivity index (χ2n) is 4.54. The molecule has 16 heavy (non-hydrogen) atoms. The molecule has 2 aliphatic heterocycles. The highest BCUT2D eigenvalue weighted by molar-refractivity contribution is 5.41. The second kappa shape index (κ2) is 3.98. The molecule has 0 aliphatic carbocycles. The number of hydrogen-bond acceptors (Lipinski definition) is 3. The molecule has 3 heteroatoms. The maximum Gasteiger partial charge on any atom is 0.126 e. The van der Waals surface area contributed by atoms with E-state index >= 15 is 0 Å². The Morgan fingerprint density at radius 2 is 2.12 bits per heavy atom. The molecule has 0 saturated carbocycles. The quantitative estimate of drug-likeness (QED) is 0.789. The van der Waals surface area contributed by atoms with Crippen molar-refractivity contribution in [1.82, 2.24) is 0 Å². The van der Waals surface area contributed by atoms with Gasteiger partial charge in [0.25, 0.3) is 0 Å². The number of aromatic hydroxyl groups is 1. The van der Waals surface area contributed by atoms with Gasteiger partial charge in [-0.25, -0.2) is 0 Å². The maximum atomic E-state index is 9.43. The van der Waals surface area contributed by atoms with E-state index in [0.29, 0.717) is 0 Å². The summed E-state index contributed by atoms with van der Waals surface area (Å²) in [6, 6.07) is 5.36. The zero-order chi connectivity index (χ0) is 11.0. The number of fused-ring (bicyclic) bond motifs is 1. The number of aryl methyl sites for hydroxylation is 1. The molecule has 3 nitrogen and oxygen atoms in total. The zero-order valence-electron chi connectivity index (χ0n) is 9.19. The SMILES string of the molecule is Oc1ccc2c(c1)O[C@@H](C1CCCO1)CC2. The topological polar surface area (TPSA) is 38.7 Å². The van der Waals surface area contributed by atoms with Crippen molar-refractivity contribution in [2.45, 2.75) is 37.9 Å². The number of phenols is 1. The van der Waals surface area contributed by atoms with Crippen LogP contribution in [0.3, 0.4) is 0 Å². The fraction of sp³-hybridized carbons (Fsp3) is 0.538. The first kappa shape index (κ1) is 9.97. The highest BCUT2D eigenvalue weighted by Crippen LogP contribution is 2.33. The smallest absolute Gasteiger partial charge is 0.126 e. The number of benzene rings is 1. The molecule has 1 fully saturated rings. The first-order valence-corrected chi connectivity index (χ1v) is 5.93. The van der Waals surface area contributed by atoms with Gasteiger partial charge in [-0.2, -0.15) is 0 Å². The lowest BCUT2D eigenvalue weighted by molar-refractivity contribution is 0.00271. The molecule has 1 saturated heterocycles. The van der Waals surface area contributed by atoms with Crippen LogP contribution in [-0.4, -0.2) is 23.9 Å². The van der Waals surface area contributed by atoms with Crippen molar-refractivity contribution < 1.29 is 14.6 Å². The van der Waals surface area contributed by atoms with Gasteiger partial charge in [0, 0.05) is 12.7 Å². The van der Waals surface area contributed by atoms with Gasteiger partial charge in [-0.05, 0) is 37.3 Å². The second-order valence-corrected chi connectivity index (χ2v) is 4.54. The summed E-state index contributed by atoms with van der Waals surface area (Å²) in [5.74, 6) is 1.10. The average Bonchev–Trinajstić information content (AvgIpc) is 2.81. The van der Waals surface area contributed by atoms with E-state index in [9.17, 15) is 5.11 Å². The molecule has 0 radical (unpaired) electrons. The van der Waals surface area contributed by atoms with Crippen molar-refractivity contribution in [2.75, 3.05) is 6.61 Å². The highest BCUT2D eigenvalue weighted by atomic mass is 16.5. The summed E-state index contributed by atoms with van der Waals surface area (Å²) >= 11 is 0. The van der Waals surface area contributed by atoms with Crippen LogP contribution in [-0.2, 0) is 11.2 Å². The number of hydrogen-bond donors (Lipinski definition) is 1. The largest absolute Gasteiger partial charge is 0.508 e. The van der Waals surface area contributed by atoms with Crippen LogP contribution in [0.2, 0.25) is 0 Å². The number of ether oxygens (including phenoxy) is 2. The van der Waals surface area contributed by atoms with Gasteiger partial charge in [0.1, 0.15) is 17.6 Å². The van der Waals surface area contributed by atoms with Gasteiger partial charge in [0.15, 0.2) is 0 Å². The van der Waals surface area contributed by atoms with Crippen LogP contribution in [0.25, 0.3) is 0 Å². The summed E-state index contributed by atoms with van der Waals surface area (Å²) in [5.41, 5.74) is 1.19. The summed E-state index contributed by atoms with van der Waals surface area (Å²) < 4.78 is 11.6. The predicted octanol–water partition coefficient (Wildman–Crippen LogP) is 2.26. The van der Waals surface area contributed by atoms with Gasteiger partial charge >= 0.3 is 0 Å². The summed E-state index contributed by atoms with van der Waals surface area (Å²) in [7, 11) is 0. The Bertz CT molecular complexity index is 383. The molecule has 0 aromatic heterocycles. The minimum absolute atomic E-state index is 0.164. The lowest BCUT2D eigenvalue weighted by Crippen LogP contribution is -2.34. The molecule has 1 aromatic carbocycles. The molecule has 1 aromatic rings. The van der Waals surface area contributed by atoms with Crippen LogP contribution < -0.4 is 4.74 Å². The average molecular weight is 220 g/mol. The molecule has 0 bridgehead atoms. The van der Waals surface area contributed by atoms with E-state index in [1.54, 1.807) is 12.1 Å². The van der Waals surface area contributed by atoms with E-state index in [0.717, 1.165) is 38.0 Å². The highest BCUT2D eigenvalue weighted by Gasteiger charge is 2.30. The monoisotopic (exact) mass is 220 g/mol. The van der Waals surface area contributed by atoms with Crippen molar-refractivity contribution in [3.63, 3.8) is 0 Å². The Morgan fingerprint density at radius 1 is 1.19 bits per heavy atom. The molecule has 3 rings (SSSR count). The number of phenolic OH excluding ortho intramolecular Hbond substituents is 1. The molecule has 2 heterocycles. The van der Waals surface area contributed by atoms with Crippen molar-refractivity contribution >= 4 is 0 Å². The van der Waals surface area contributed by atoms with Crippen LogP contribution in [0.5, 0.6) is 11.5 Å². The van der Waals surface area contributed by atoms with E-state index in [1.807, 2.05) is 6.07 Å². The third-order valence-corrected chi connectivity index (χ3v) is 3.41. The van der Waals surface area contributed by atoms with Crippen molar-refractivity contribution in [3.05, 3.63) is 23.8 Å². The van der Waals surface area contributed by atoms with Crippen LogP contribution >= 0.6 is 0 Å². The van der Waals surface area contributed by atoms with E-state index in [4.69, 9.17) is 9.47 Å². The standard InChI is InChI=1S/C13H16O3/c14-10-5-3-9-4-6-12(16-13(9)8-10)11-2-1-7-15-11/h3,5,8,11-12,14H,1-2,4,6-7H2/t11?,12-/m1/s1. The molecule has 86 valence electrons. The predicted molar refractivity (Wildman–Crippen MR) is 59.8 cm³/mol. The molecule has 1 N–H and O–H groups in total. The van der Waals surface area contributed by atoms with Gasteiger partial charge in [0.05, 0.1) is 6.10 Å². The van der Waals surface area contributed by atoms with E-state index in [1.165, 1.54) is 5.56 Å². The van der Waals surface area contributed by atoms with Crippen molar-refractivity contribution in [1.29, 1.82) is 0 Å². The van der Waals surface area contributed by atoms with Crippen LogP contribution in [0.15, 0.2) is 18.2 Å². The minimum Gasteiger partial charge on any atom is -0.508 e. The Morgan fingerprint density at radius 3 is 2.94 bits per heavy atom. The Labute approximate surface area is 95.0 Å². The molecule has 0 amide bonds. The zero-order valence-corrected chi connectivity index (χ0v) is 9.19. The van der Waals surface area contributed by atoms with Crippen LogP contribution in [0.1, 0.15) is 24.8 Å². The normalized spacial score (nSPS) is 28.5. The summed E-state index contributed by atoms with van der Waals surface area (Å²) in [5, 5.41) is 9.43.